The zero-order valence-corrected chi connectivity index (χ0v) is 11.2. The van der Waals surface area contributed by atoms with E-state index in [2.05, 4.69) is 13.8 Å². The molecule has 1 aromatic carbocycles. The number of hydrogen-bond acceptors (Lipinski definition) is 2. The van der Waals surface area contributed by atoms with Crippen LogP contribution in [0.15, 0.2) is 41.5 Å². The van der Waals surface area contributed by atoms with Gasteiger partial charge < -0.3 is 0 Å². The van der Waals surface area contributed by atoms with Gasteiger partial charge in [-0.3, -0.25) is 14.5 Å². The molecule has 0 N–H and O–H groups in total. The van der Waals surface area contributed by atoms with Crippen molar-refractivity contribution in [2.45, 2.75) is 26.7 Å². The number of rotatable bonds is 1. The van der Waals surface area contributed by atoms with Crippen LogP contribution in [0.2, 0.25) is 0 Å². The molecule has 2 unspecified atom stereocenters. The second-order valence-corrected chi connectivity index (χ2v) is 5.57. The van der Waals surface area contributed by atoms with E-state index in [1.807, 2.05) is 30.3 Å². The van der Waals surface area contributed by atoms with Crippen molar-refractivity contribution in [1.82, 2.24) is 0 Å². The van der Waals surface area contributed by atoms with E-state index in [0.29, 0.717) is 5.69 Å². The van der Waals surface area contributed by atoms with Gasteiger partial charge in [0.25, 0.3) is 0 Å². The molecule has 1 aliphatic carbocycles. The maximum Gasteiger partial charge on any atom is 0.238 e. The summed E-state index contributed by atoms with van der Waals surface area (Å²) in [4.78, 5) is 26.3. The molecule has 3 nitrogen and oxygen atoms in total. The Hall–Kier alpha value is -1.90. The summed E-state index contributed by atoms with van der Waals surface area (Å²) < 4.78 is 0. The fraction of sp³-hybridized carbons (Fsp3) is 0.375. The molecule has 2 aliphatic rings. The Balaban J connectivity index is 1.93. The molecule has 0 aromatic heterocycles. The van der Waals surface area contributed by atoms with Crippen molar-refractivity contribution in [3.05, 3.63) is 41.5 Å². The summed E-state index contributed by atoms with van der Waals surface area (Å²) >= 11 is 0. The molecule has 2 fully saturated rings. The Labute approximate surface area is 112 Å². The number of amides is 2. The number of carbonyl (C=O) groups excluding carboxylic acids is 2. The first-order valence-corrected chi connectivity index (χ1v) is 6.67. The van der Waals surface area contributed by atoms with Crippen LogP contribution in [0.4, 0.5) is 5.69 Å². The number of nitrogens with zero attached hydrogens (tertiary/aromatic N) is 1. The molecule has 1 saturated heterocycles. The predicted molar refractivity (Wildman–Crippen MR) is 73.5 cm³/mol. The monoisotopic (exact) mass is 255 g/mol. The largest absolute Gasteiger partial charge is 0.274 e. The van der Waals surface area contributed by atoms with Crippen molar-refractivity contribution in [3.63, 3.8) is 0 Å². The van der Waals surface area contributed by atoms with Crippen LogP contribution in [0.1, 0.15) is 26.7 Å². The highest BCUT2D eigenvalue weighted by Gasteiger charge is 2.51. The molecule has 1 aromatic rings. The van der Waals surface area contributed by atoms with Crippen LogP contribution in [0, 0.1) is 11.8 Å². The maximum absolute atomic E-state index is 12.4. The van der Waals surface area contributed by atoms with Crippen LogP contribution < -0.4 is 4.90 Å². The molecule has 2 atom stereocenters. The molecular formula is C16H17NO2. The average molecular weight is 255 g/mol. The second kappa shape index (κ2) is 4.34. The van der Waals surface area contributed by atoms with Gasteiger partial charge in [0.2, 0.25) is 11.8 Å². The standard InChI is InChI=1S/C16H17NO2/c1-10(2)11-8-13-14(9-11)16(19)17(15(13)18)12-6-4-3-5-7-12/h3-7,13-14H,8-9H2,1-2H3. The van der Waals surface area contributed by atoms with Crippen molar-refractivity contribution in [2.24, 2.45) is 11.8 Å². The number of fused-ring (bicyclic) bond motifs is 1. The lowest BCUT2D eigenvalue weighted by atomic mass is 10.00. The summed E-state index contributed by atoms with van der Waals surface area (Å²) in [5.74, 6) is -0.342. The first kappa shape index (κ1) is 12.2. The smallest absolute Gasteiger partial charge is 0.238 e. The lowest BCUT2D eigenvalue weighted by Crippen LogP contribution is -2.31. The van der Waals surface area contributed by atoms with Crippen LogP contribution in [0.25, 0.3) is 0 Å². The normalized spacial score (nSPS) is 26.0. The molecule has 2 amide bonds. The van der Waals surface area contributed by atoms with Gasteiger partial charge in [-0.1, -0.05) is 29.3 Å². The third-order valence-electron chi connectivity index (χ3n) is 4.21. The Bertz CT molecular complexity index is 544. The Morgan fingerprint density at radius 1 is 1.00 bits per heavy atom. The number of anilines is 1. The molecule has 3 rings (SSSR count). The molecular weight excluding hydrogens is 238 g/mol. The molecule has 1 heterocycles. The van der Waals surface area contributed by atoms with Gasteiger partial charge in [-0.2, -0.15) is 0 Å². The summed E-state index contributed by atoms with van der Waals surface area (Å²) in [5.41, 5.74) is 3.23. The third kappa shape index (κ3) is 1.81. The molecule has 0 bridgehead atoms. The third-order valence-corrected chi connectivity index (χ3v) is 4.21. The highest BCUT2D eigenvalue weighted by molar-refractivity contribution is 6.22. The van der Waals surface area contributed by atoms with Gasteiger partial charge in [0, 0.05) is 0 Å². The number of allylic oxidation sites excluding steroid dienone is 2. The van der Waals surface area contributed by atoms with Crippen LogP contribution in [-0.2, 0) is 9.59 Å². The Morgan fingerprint density at radius 2 is 1.53 bits per heavy atom. The minimum atomic E-state index is -0.141. The van der Waals surface area contributed by atoms with Gasteiger partial charge in [0.1, 0.15) is 0 Å². The van der Waals surface area contributed by atoms with E-state index < -0.39 is 0 Å². The summed E-state index contributed by atoms with van der Waals surface area (Å²) in [6.45, 7) is 4.11. The molecule has 0 spiro atoms. The molecule has 98 valence electrons. The van der Waals surface area contributed by atoms with E-state index in [1.54, 1.807) is 0 Å². The van der Waals surface area contributed by atoms with Crippen molar-refractivity contribution in [3.8, 4) is 0 Å². The SMILES string of the molecule is CC(C)=C1CC2C(=O)N(c3ccccc3)C(=O)C2C1. The highest BCUT2D eigenvalue weighted by atomic mass is 16.2. The van der Waals surface area contributed by atoms with Crippen LogP contribution >= 0.6 is 0 Å². The molecule has 0 radical (unpaired) electrons. The van der Waals surface area contributed by atoms with E-state index in [-0.39, 0.29) is 23.7 Å². The first-order valence-electron chi connectivity index (χ1n) is 6.67. The Morgan fingerprint density at radius 3 is 2.00 bits per heavy atom. The lowest BCUT2D eigenvalue weighted by Gasteiger charge is -2.16. The molecule has 1 aliphatic heterocycles. The molecule has 19 heavy (non-hydrogen) atoms. The number of para-hydroxylation sites is 1. The fourth-order valence-corrected chi connectivity index (χ4v) is 3.10. The van der Waals surface area contributed by atoms with Crippen molar-refractivity contribution < 1.29 is 9.59 Å². The van der Waals surface area contributed by atoms with Gasteiger partial charge in [-0.05, 0) is 38.8 Å². The highest BCUT2D eigenvalue weighted by Crippen LogP contribution is 2.45. The predicted octanol–water partition coefficient (Wildman–Crippen LogP) is 2.92. The summed E-state index contributed by atoms with van der Waals surface area (Å²) in [7, 11) is 0. The van der Waals surface area contributed by atoms with E-state index >= 15 is 0 Å². The van der Waals surface area contributed by atoms with Crippen molar-refractivity contribution in [1.29, 1.82) is 0 Å². The molecule has 3 heteroatoms. The molecule has 1 saturated carbocycles. The van der Waals surface area contributed by atoms with Gasteiger partial charge in [-0.15, -0.1) is 0 Å². The van der Waals surface area contributed by atoms with Crippen LogP contribution in [-0.4, -0.2) is 11.8 Å². The van der Waals surface area contributed by atoms with Gasteiger partial charge in [0.15, 0.2) is 0 Å². The quantitative estimate of drug-likeness (QED) is 0.571. The van der Waals surface area contributed by atoms with Gasteiger partial charge in [0.05, 0.1) is 17.5 Å². The number of hydrogen-bond donors (Lipinski definition) is 0. The fourth-order valence-electron chi connectivity index (χ4n) is 3.10. The summed E-state index contributed by atoms with van der Waals surface area (Å²) in [6, 6.07) is 9.23. The van der Waals surface area contributed by atoms with Gasteiger partial charge >= 0.3 is 0 Å². The summed E-state index contributed by atoms with van der Waals surface area (Å²) in [6.07, 6.45) is 1.50. The maximum atomic E-state index is 12.4. The first-order chi connectivity index (χ1) is 9.09. The van der Waals surface area contributed by atoms with E-state index in [4.69, 9.17) is 0 Å². The van der Waals surface area contributed by atoms with Gasteiger partial charge in [-0.25, -0.2) is 0 Å². The number of carbonyl (C=O) groups is 2. The number of benzene rings is 1. The van der Waals surface area contributed by atoms with Crippen molar-refractivity contribution >= 4 is 17.5 Å². The van der Waals surface area contributed by atoms with Crippen molar-refractivity contribution in [2.75, 3.05) is 4.90 Å². The average Bonchev–Trinajstić information content (AvgIpc) is 2.92. The van der Waals surface area contributed by atoms with E-state index in [9.17, 15) is 9.59 Å². The topological polar surface area (TPSA) is 37.4 Å². The second-order valence-electron chi connectivity index (χ2n) is 5.57. The van der Waals surface area contributed by atoms with Crippen LogP contribution in [0.5, 0.6) is 0 Å². The van der Waals surface area contributed by atoms with E-state index in [0.717, 1.165) is 12.8 Å². The van der Waals surface area contributed by atoms with Crippen LogP contribution in [0.3, 0.4) is 0 Å². The zero-order valence-electron chi connectivity index (χ0n) is 11.2. The zero-order chi connectivity index (χ0) is 13.6. The minimum Gasteiger partial charge on any atom is -0.274 e. The minimum absolute atomic E-state index is 0.0301. The lowest BCUT2D eigenvalue weighted by molar-refractivity contribution is -0.122. The van der Waals surface area contributed by atoms with E-state index in [1.165, 1.54) is 16.0 Å². The number of imide groups is 1. The summed E-state index contributed by atoms with van der Waals surface area (Å²) in [5, 5.41) is 0. The Kier molecular flexibility index (Phi) is 2.77.